The molecule has 0 unspecified atom stereocenters. The van der Waals surface area contributed by atoms with E-state index in [0.29, 0.717) is 0 Å². The predicted molar refractivity (Wildman–Crippen MR) is 93.3 cm³/mol. The van der Waals surface area contributed by atoms with Gasteiger partial charge in [0.25, 0.3) is 0 Å². The normalized spacial score (nSPS) is 10.1. The molecule has 0 nitrogen and oxygen atoms in total. The highest BCUT2D eigenvalue weighted by atomic mass is 79.9. The van der Waals surface area contributed by atoms with Gasteiger partial charge in [-0.3, -0.25) is 0 Å². The van der Waals surface area contributed by atoms with E-state index in [1.165, 1.54) is 56.9 Å². The van der Waals surface area contributed by atoms with Gasteiger partial charge in [-0.05, 0) is 37.7 Å². The first-order chi connectivity index (χ1) is 9.93. The van der Waals surface area contributed by atoms with Crippen LogP contribution in [-0.2, 0) is 6.42 Å². The molecule has 0 aromatic heterocycles. The molecule has 0 heterocycles. The number of unbranched alkanes of at least 4 members (excludes halogenated alkanes) is 7. The molecule has 1 rings (SSSR count). The molecule has 0 aliphatic rings. The first kappa shape index (κ1) is 17.3. The molecule has 1 aromatic rings. The third-order valence-corrected chi connectivity index (χ3v) is 3.98. The van der Waals surface area contributed by atoms with Gasteiger partial charge in [0.1, 0.15) is 0 Å². The van der Waals surface area contributed by atoms with Gasteiger partial charge in [-0.2, -0.15) is 0 Å². The van der Waals surface area contributed by atoms with Crippen LogP contribution in [0.3, 0.4) is 0 Å². The van der Waals surface area contributed by atoms with Crippen molar-refractivity contribution in [2.24, 2.45) is 0 Å². The molecule has 1 heteroatoms. The van der Waals surface area contributed by atoms with E-state index < -0.39 is 0 Å². The van der Waals surface area contributed by atoms with Gasteiger partial charge in [0.2, 0.25) is 0 Å². The van der Waals surface area contributed by atoms with Crippen molar-refractivity contribution >= 4 is 15.9 Å². The van der Waals surface area contributed by atoms with E-state index in [0.717, 1.165) is 18.2 Å². The highest BCUT2D eigenvalue weighted by Crippen LogP contribution is 2.07. The number of hydrogen-bond acceptors (Lipinski definition) is 0. The summed E-state index contributed by atoms with van der Waals surface area (Å²) in [4.78, 5) is 0. The topological polar surface area (TPSA) is 0 Å². The Kier molecular flexibility index (Phi) is 11.5. The lowest BCUT2D eigenvalue weighted by Gasteiger charge is -1.98. The fraction of sp³-hybridized carbons (Fsp3) is 0.579. The zero-order valence-corrected chi connectivity index (χ0v) is 14.1. The SMILES string of the molecule is BrCCCCCCCC#CCCCCc1ccccc1. The summed E-state index contributed by atoms with van der Waals surface area (Å²) in [7, 11) is 0. The first-order valence-electron chi connectivity index (χ1n) is 7.99. The molecule has 0 N–H and O–H groups in total. The number of alkyl halides is 1. The summed E-state index contributed by atoms with van der Waals surface area (Å²) in [5.41, 5.74) is 1.45. The van der Waals surface area contributed by atoms with E-state index in [1.807, 2.05) is 0 Å². The van der Waals surface area contributed by atoms with Gasteiger partial charge in [0, 0.05) is 18.2 Å². The molecular formula is C19H27Br. The zero-order valence-electron chi connectivity index (χ0n) is 12.5. The van der Waals surface area contributed by atoms with Crippen molar-refractivity contribution in [3.63, 3.8) is 0 Å². The second-order valence-electron chi connectivity index (χ2n) is 5.25. The van der Waals surface area contributed by atoms with Crippen LogP contribution in [-0.4, -0.2) is 5.33 Å². The standard InChI is InChI=1S/C19H27Br/c20-18-14-9-7-5-3-1-2-4-6-8-11-15-19-16-12-10-13-17-19/h10,12-13,16-17H,1,3,5-9,11,14-15,18H2. The van der Waals surface area contributed by atoms with E-state index >= 15 is 0 Å². The van der Waals surface area contributed by atoms with Crippen LogP contribution in [0, 0.1) is 11.8 Å². The Morgan fingerprint density at radius 1 is 0.700 bits per heavy atom. The van der Waals surface area contributed by atoms with E-state index in [1.54, 1.807) is 0 Å². The Morgan fingerprint density at radius 3 is 2.00 bits per heavy atom. The number of rotatable bonds is 10. The van der Waals surface area contributed by atoms with E-state index in [2.05, 4.69) is 58.1 Å². The molecule has 0 bridgehead atoms. The summed E-state index contributed by atoms with van der Waals surface area (Å²) < 4.78 is 0. The van der Waals surface area contributed by atoms with Crippen LogP contribution < -0.4 is 0 Å². The van der Waals surface area contributed by atoms with Crippen molar-refractivity contribution in [3.05, 3.63) is 35.9 Å². The summed E-state index contributed by atoms with van der Waals surface area (Å²) in [5.74, 6) is 6.63. The molecule has 0 saturated carbocycles. The maximum atomic E-state index is 3.47. The summed E-state index contributed by atoms with van der Waals surface area (Å²) >= 11 is 3.47. The summed E-state index contributed by atoms with van der Waals surface area (Å²) in [6, 6.07) is 10.7. The largest absolute Gasteiger partial charge is 0.103 e. The Morgan fingerprint density at radius 2 is 1.30 bits per heavy atom. The highest BCUT2D eigenvalue weighted by Gasteiger charge is 1.91. The molecule has 20 heavy (non-hydrogen) atoms. The van der Waals surface area contributed by atoms with E-state index in [4.69, 9.17) is 0 Å². The minimum absolute atomic E-state index is 1.07. The van der Waals surface area contributed by atoms with Gasteiger partial charge in [-0.25, -0.2) is 0 Å². The van der Waals surface area contributed by atoms with E-state index in [-0.39, 0.29) is 0 Å². The maximum Gasteiger partial charge on any atom is 0.00888 e. The third-order valence-electron chi connectivity index (χ3n) is 3.42. The third kappa shape index (κ3) is 10.1. The van der Waals surface area contributed by atoms with Gasteiger partial charge >= 0.3 is 0 Å². The van der Waals surface area contributed by atoms with Crippen molar-refractivity contribution in [3.8, 4) is 11.8 Å². The smallest absolute Gasteiger partial charge is 0.00888 e. The lowest BCUT2D eigenvalue weighted by atomic mass is 10.1. The Labute approximate surface area is 133 Å². The number of hydrogen-bond donors (Lipinski definition) is 0. The highest BCUT2D eigenvalue weighted by molar-refractivity contribution is 9.09. The van der Waals surface area contributed by atoms with Crippen LogP contribution >= 0.6 is 15.9 Å². The van der Waals surface area contributed by atoms with Crippen LogP contribution in [0.4, 0.5) is 0 Å². The Balaban J connectivity index is 1.88. The lowest BCUT2D eigenvalue weighted by molar-refractivity contribution is 0.644. The molecule has 0 saturated heterocycles. The average molecular weight is 335 g/mol. The van der Waals surface area contributed by atoms with Gasteiger partial charge in [0.15, 0.2) is 0 Å². The minimum atomic E-state index is 1.07. The zero-order chi connectivity index (χ0) is 14.3. The summed E-state index contributed by atoms with van der Waals surface area (Å²) in [6.45, 7) is 0. The summed E-state index contributed by atoms with van der Waals surface area (Å²) in [6.07, 6.45) is 12.5. The maximum absolute atomic E-state index is 3.47. The second-order valence-corrected chi connectivity index (χ2v) is 6.05. The van der Waals surface area contributed by atoms with Crippen LogP contribution in [0.15, 0.2) is 30.3 Å². The molecule has 0 atom stereocenters. The second kappa shape index (κ2) is 13.3. The fourth-order valence-electron chi connectivity index (χ4n) is 2.20. The molecule has 0 spiro atoms. The van der Waals surface area contributed by atoms with Crippen molar-refractivity contribution < 1.29 is 0 Å². The quantitative estimate of drug-likeness (QED) is 0.274. The lowest BCUT2D eigenvalue weighted by Crippen LogP contribution is -1.84. The van der Waals surface area contributed by atoms with Crippen molar-refractivity contribution in [1.82, 2.24) is 0 Å². The first-order valence-corrected chi connectivity index (χ1v) is 9.11. The predicted octanol–water partition coefficient (Wildman–Crippen LogP) is 6.14. The van der Waals surface area contributed by atoms with Gasteiger partial charge < -0.3 is 0 Å². The minimum Gasteiger partial charge on any atom is -0.103 e. The number of aryl methyl sites for hydroxylation is 1. The van der Waals surface area contributed by atoms with Crippen molar-refractivity contribution in [1.29, 1.82) is 0 Å². The van der Waals surface area contributed by atoms with Crippen molar-refractivity contribution in [2.45, 2.75) is 64.2 Å². The molecule has 0 radical (unpaired) electrons. The van der Waals surface area contributed by atoms with Crippen molar-refractivity contribution in [2.75, 3.05) is 5.33 Å². The average Bonchev–Trinajstić information content (AvgIpc) is 2.49. The number of halogens is 1. The summed E-state index contributed by atoms with van der Waals surface area (Å²) in [5, 5.41) is 1.15. The van der Waals surface area contributed by atoms with Crippen LogP contribution in [0.1, 0.15) is 63.4 Å². The molecule has 0 amide bonds. The molecular weight excluding hydrogens is 308 g/mol. The Hall–Kier alpha value is -0.740. The molecule has 1 aromatic carbocycles. The number of benzene rings is 1. The molecule has 0 fully saturated rings. The monoisotopic (exact) mass is 334 g/mol. The van der Waals surface area contributed by atoms with E-state index in [9.17, 15) is 0 Å². The van der Waals surface area contributed by atoms with Crippen LogP contribution in [0.5, 0.6) is 0 Å². The van der Waals surface area contributed by atoms with Gasteiger partial charge in [-0.1, -0.05) is 65.5 Å². The van der Waals surface area contributed by atoms with Crippen LogP contribution in [0.25, 0.3) is 0 Å². The Bertz CT molecular complexity index is 372. The van der Waals surface area contributed by atoms with Crippen LogP contribution in [0.2, 0.25) is 0 Å². The van der Waals surface area contributed by atoms with Gasteiger partial charge in [0.05, 0.1) is 0 Å². The molecule has 0 aliphatic carbocycles. The fourth-order valence-corrected chi connectivity index (χ4v) is 2.60. The molecule has 110 valence electrons. The molecule has 0 aliphatic heterocycles. The van der Waals surface area contributed by atoms with Gasteiger partial charge in [-0.15, -0.1) is 11.8 Å².